The molecule has 2 aliphatic rings. The quantitative estimate of drug-likeness (QED) is 0.733. The van der Waals surface area contributed by atoms with Gasteiger partial charge in [-0.15, -0.1) is 0 Å². The molecule has 0 amide bonds. The van der Waals surface area contributed by atoms with Gasteiger partial charge in [0.2, 0.25) is 0 Å². The zero-order valence-corrected chi connectivity index (χ0v) is 8.84. The van der Waals surface area contributed by atoms with Crippen LogP contribution in [0.4, 0.5) is 10.1 Å². The smallest absolute Gasteiger partial charge is 0.164 e. The molecule has 2 atom stereocenters. The van der Waals surface area contributed by atoms with E-state index in [1.165, 1.54) is 6.07 Å². The summed E-state index contributed by atoms with van der Waals surface area (Å²) in [6, 6.07) is 1.97. The molecule has 1 N–H and O–H groups in total. The highest BCUT2D eigenvalue weighted by Crippen LogP contribution is 2.33. The van der Waals surface area contributed by atoms with Gasteiger partial charge < -0.3 is 10.2 Å². The number of hydrogen-bond acceptors (Lipinski definition) is 3. The number of nitrogens with one attached hydrogen (secondary N) is 1. The molecule has 0 aliphatic carbocycles. The lowest BCUT2D eigenvalue weighted by Gasteiger charge is -2.45. The molecule has 0 spiro atoms. The Hall–Kier alpha value is -0.870. The highest BCUT2D eigenvalue weighted by Gasteiger charge is 2.42. The maximum absolute atomic E-state index is 13.2. The Balaban J connectivity index is 1.85. The number of pyridine rings is 1. The Bertz CT molecular complexity index is 398. The average molecular weight is 228 g/mol. The van der Waals surface area contributed by atoms with Crippen molar-refractivity contribution in [1.29, 1.82) is 0 Å². The van der Waals surface area contributed by atoms with Crippen molar-refractivity contribution in [3.63, 3.8) is 0 Å². The Morgan fingerprint density at radius 3 is 3.13 bits per heavy atom. The van der Waals surface area contributed by atoms with Gasteiger partial charge >= 0.3 is 0 Å². The summed E-state index contributed by atoms with van der Waals surface area (Å²) in [6.45, 7) is 3.04. The molecule has 2 unspecified atom stereocenters. The van der Waals surface area contributed by atoms with E-state index < -0.39 is 5.82 Å². The molecule has 2 fully saturated rings. The zero-order valence-electron chi connectivity index (χ0n) is 8.08. The van der Waals surface area contributed by atoms with Gasteiger partial charge in [-0.25, -0.2) is 9.37 Å². The third-order valence-electron chi connectivity index (χ3n) is 3.25. The molecule has 2 aliphatic heterocycles. The molecule has 0 bridgehead atoms. The number of hydrogen-bond donors (Lipinski definition) is 1. The fourth-order valence-corrected chi connectivity index (χ4v) is 2.49. The fraction of sp³-hybridized carbons (Fsp3) is 0.500. The minimum Gasteiger partial charge on any atom is -0.365 e. The van der Waals surface area contributed by atoms with Gasteiger partial charge in [-0.1, -0.05) is 11.6 Å². The number of anilines is 1. The molecule has 1 aromatic heterocycles. The summed E-state index contributed by atoms with van der Waals surface area (Å²) < 4.78 is 13.2. The number of halogens is 2. The molecule has 0 aromatic carbocycles. The molecule has 0 saturated carbocycles. The Morgan fingerprint density at radius 1 is 1.53 bits per heavy atom. The highest BCUT2D eigenvalue weighted by molar-refractivity contribution is 6.29. The van der Waals surface area contributed by atoms with Gasteiger partial charge in [0.25, 0.3) is 0 Å². The lowest BCUT2D eigenvalue weighted by molar-refractivity contribution is 0.364. The van der Waals surface area contributed by atoms with Gasteiger partial charge in [-0.3, -0.25) is 0 Å². The number of fused-ring (bicyclic) bond motifs is 1. The van der Waals surface area contributed by atoms with Crippen LogP contribution in [0.3, 0.4) is 0 Å². The third-order valence-corrected chi connectivity index (χ3v) is 3.53. The first-order valence-electron chi connectivity index (χ1n) is 5.04. The first-order valence-corrected chi connectivity index (χ1v) is 5.42. The fourth-order valence-electron chi connectivity index (χ4n) is 2.39. The van der Waals surface area contributed by atoms with Crippen molar-refractivity contribution in [2.24, 2.45) is 5.92 Å². The van der Waals surface area contributed by atoms with Crippen LogP contribution < -0.4 is 10.2 Å². The summed E-state index contributed by atoms with van der Waals surface area (Å²) in [5, 5.41) is 3.27. The average Bonchev–Trinajstić information content (AvgIpc) is 2.54. The Labute approximate surface area is 92.2 Å². The zero-order chi connectivity index (χ0) is 10.4. The van der Waals surface area contributed by atoms with E-state index in [-0.39, 0.29) is 5.15 Å². The topological polar surface area (TPSA) is 28.2 Å². The molecular formula is C10H11ClFN3. The Kier molecular flexibility index (Phi) is 2.07. The van der Waals surface area contributed by atoms with Crippen LogP contribution in [0, 0.1) is 11.7 Å². The molecular weight excluding hydrogens is 217 g/mol. The van der Waals surface area contributed by atoms with E-state index in [0.717, 1.165) is 25.3 Å². The van der Waals surface area contributed by atoms with E-state index in [1.54, 1.807) is 6.20 Å². The predicted octanol–water partition coefficient (Wildman–Crippen LogP) is 1.28. The normalized spacial score (nSPS) is 28.8. The van der Waals surface area contributed by atoms with Gasteiger partial charge in [0.1, 0.15) is 0 Å². The van der Waals surface area contributed by atoms with Crippen LogP contribution in [-0.4, -0.2) is 30.7 Å². The first kappa shape index (κ1) is 9.36. The summed E-state index contributed by atoms with van der Waals surface area (Å²) in [5.74, 6) is 0.271. The van der Waals surface area contributed by atoms with Crippen molar-refractivity contribution in [3.8, 4) is 0 Å². The largest absolute Gasteiger partial charge is 0.365 e. The van der Waals surface area contributed by atoms with Gasteiger partial charge in [-0.2, -0.15) is 0 Å². The maximum atomic E-state index is 13.2. The van der Waals surface area contributed by atoms with Crippen LogP contribution in [0.5, 0.6) is 0 Å². The van der Waals surface area contributed by atoms with Gasteiger partial charge in [0.15, 0.2) is 11.0 Å². The number of nitrogens with zero attached hydrogens (tertiary/aromatic N) is 2. The van der Waals surface area contributed by atoms with E-state index in [4.69, 9.17) is 11.6 Å². The summed E-state index contributed by atoms with van der Waals surface area (Å²) in [5.41, 5.74) is 0.835. The minimum absolute atomic E-state index is 0.0552. The summed E-state index contributed by atoms with van der Waals surface area (Å²) in [7, 11) is 0. The first-order chi connectivity index (χ1) is 7.25. The molecule has 80 valence electrons. The van der Waals surface area contributed by atoms with E-state index in [9.17, 15) is 4.39 Å². The van der Waals surface area contributed by atoms with Crippen molar-refractivity contribution in [3.05, 3.63) is 23.2 Å². The summed E-state index contributed by atoms with van der Waals surface area (Å²) in [4.78, 5) is 6.00. The van der Waals surface area contributed by atoms with Gasteiger partial charge in [0, 0.05) is 37.7 Å². The number of aromatic nitrogens is 1. The molecule has 1 aromatic rings. The van der Waals surface area contributed by atoms with Crippen LogP contribution >= 0.6 is 11.6 Å². The molecule has 3 rings (SSSR count). The minimum atomic E-state index is -0.441. The summed E-state index contributed by atoms with van der Waals surface area (Å²) >= 11 is 5.54. The van der Waals surface area contributed by atoms with Crippen molar-refractivity contribution >= 4 is 17.3 Å². The lowest BCUT2D eigenvalue weighted by Crippen LogP contribution is -2.55. The summed E-state index contributed by atoms with van der Waals surface area (Å²) in [6.07, 6.45) is 1.64. The molecule has 5 heteroatoms. The van der Waals surface area contributed by atoms with E-state index in [2.05, 4.69) is 15.2 Å². The van der Waals surface area contributed by atoms with Crippen molar-refractivity contribution < 1.29 is 4.39 Å². The predicted molar refractivity (Wildman–Crippen MR) is 56.7 cm³/mol. The second-order valence-electron chi connectivity index (χ2n) is 4.10. The van der Waals surface area contributed by atoms with Gasteiger partial charge in [-0.05, 0) is 0 Å². The molecule has 15 heavy (non-hydrogen) atoms. The maximum Gasteiger partial charge on any atom is 0.164 e. The molecule has 3 heterocycles. The molecule has 0 radical (unpaired) electrons. The van der Waals surface area contributed by atoms with Gasteiger partial charge in [0.05, 0.1) is 11.9 Å². The highest BCUT2D eigenvalue weighted by atomic mass is 35.5. The van der Waals surface area contributed by atoms with E-state index >= 15 is 0 Å². The lowest BCUT2D eigenvalue weighted by atomic mass is 9.91. The van der Waals surface area contributed by atoms with Crippen LogP contribution in [0.2, 0.25) is 5.15 Å². The van der Waals surface area contributed by atoms with Crippen LogP contribution in [-0.2, 0) is 0 Å². The van der Waals surface area contributed by atoms with Crippen molar-refractivity contribution in [1.82, 2.24) is 10.3 Å². The van der Waals surface area contributed by atoms with E-state index in [0.29, 0.717) is 12.0 Å². The number of rotatable bonds is 1. The van der Waals surface area contributed by atoms with E-state index in [1.807, 2.05) is 0 Å². The second kappa shape index (κ2) is 3.32. The van der Waals surface area contributed by atoms with Crippen molar-refractivity contribution in [2.75, 3.05) is 24.5 Å². The monoisotopic (exact) mass is 227 g/mol. The molecule has 3 nitrogen and oxygen atoms in total. The Morgan fingerprint density at radius 2 is 2.40 bits per heavy atom. The molecule has 2 saturated heterocycles. The second-order valence-corrected chi connectivity index (χ2v) is 4.46. The van der Waals surface area contributed by atoms with Crippen LogP contribution in [0.25, 0.3) is 0 Å². The third kappa shape index (κ3) is 1.40. The van der Waals surface area contributed by atoms with Crippen molar-refractivity contribution in [2.45, 2.75) is 6.04 Å². The van der Waals surface area contributed by atoms with Crippen LogP contribution in [0.15, 0.2) is 12.3 Å². The standard InChI is InChI=1S/C10H11ClFN3/c11-10-8(12)1-7(3-14-10)15-5-6-2-13-4-9(6)15/h1,3,6,9,13H,2,4-5H2. The SMILES string of the molecule is Fc1cc(N2CC3CNCC32)cnc1Cl. The van der Waals surface area contributed by atoms with Crippen LogP contribution in [0.1, 0.15) is 0 Å².